The molecule has 3 heteroatoms. The molecule has 0 spiro atoms. The molecule has 1 atom stereocenters. The Morgan fingerprint density at radius 3 is 2.22 bits per heavy atom. The molecule has 1 aliphatic rings. The first-order valence-electron chi connectivity index (χ1n) is 6.95. The average molecular weight is 250 g/mol. The molecular formula is C15H26N2O. The number of carbonyl (C=O) groups is 1. The minimum atomic E-state index is -0.495. The van der Waals surface area contributed by atoms with Crippen molar-refractivity contribution < 1.29 is 4.79 Å². The molecular weight excluding hydrogens is 224 g/mol. The first-order chi connectivity index (χ1) is 8.28. The van der Waals surface area contributed by atoms with Crippen molar-refractivity contribution in [2.75, 3.05) is 7.05 Å². The molecule has 1 amide bonds. The van der Waals surface area contributed by atoms with E-state index >= 15 is 0 Å². The van der Waals surface area contributed by atoms with Crippen LogP contribution in [-0.2, 0) is 4.79 Å². The number of hydrogen-bond acceptors (Lipinski definition) is 2. The van der Waals surface area contributed by atoms with Crippen molar-refractivity contribution in [3.8, 4) is 6.07 Å². The minimum Gasteiger partial charge on any atom is -0.342 e. The smallest absolute Gasteiger partial charge is 0.240 e. The second-order valence-electron chi connectivity index (χ2n) is 6.70. The van der Waals surface area contributed by atoms with Crippen LogP contribution in [0.5, 0.6) is 0 Å². The standard InChI is InChI=1S/C15H26N2O/c1-11(2)13(10-16)14(18)17(5)12-6-8-15(3,4)9-7-12/h11-13H,6-9H2,1-5H3. The maximum absolute atomic E-state index is 12.3. The van der Waals surface area contributed by atoms with Crippen LogP contribution in [0.25, 0.3) is 0 Å². The summed E-state index contributed by atoms with van der Waals surface area (Å²) in [6.07, 6.45) is 4.44. The molecule has 1 fully saturated rings. The van der Waals surface area contributed by atoms with Crippen molar-refractivity contribution in [3.63, 3.8) is 0 Å². The summed E-state index contributed by atoms with van der Waals surface area (Å²) in [5.41, 5.74) is 0.410. The molecule has 0 aromatic heterocycles. The van der Waals surface area contributed by atoms with E-state index in [0.717, 1.165) is 25.7 Å². The van der Waals surface area contributed by atoms with Crippen LogP contribution in [0.1, 0.15) is 53.4 Å². The minimum absolute atomic E-state index is 0.00259. The zero-order chi connectivity index (χ0) is 13.9. The predicted octanol–water partition coefficient (Wildman–Crippen LogP) is 3.21. The lowest BCUT2D eigenvalue weighted by Crippen LogP contribution is -2.44. The van der Waals surface area contributed by atoms with Crippen molar-refractivity contribution in [3.05, 3.63) is 0 Å². The molecule has 0 N–H and O–H groups in total. The van der Waals surface area contributed by atoms with Crippen LogP contribution in [0.4, 0.5) is 0 Å². The second-order valence-corrected chi connectivity index (χ2v) is 6.70. The first kappa shape index (κ1) is 15.0. The third kappa shape index (κ3) is 3.48. The molecule has 3 nitrogen and oxygen atoms in total. The van der Waals surface area contributed by atoms with Crippen LogP contribution in [0, 0.1) is 28.6 Å². The number of nitriles is 1. The lowest BCUT2D eigenvalue weighted by Gasteiger charge is -2.39. The SMILES string of the molecule is CC(C)C(C#N)C(=O)N(C)C1CCC(C)(C)CC1. The molecule has 0 bridgehead atoms. The fourth-order valence-electron chi connectivity index (χ4n) is 2.66. The molecule has 0 saturated heterocycles. The van der Waals surface area contributed by atoms with Gasteiger partial charge in [-0.3, -0.25) is 4.79 Å². The van der Waals surface area contributed by atoms with Crippen molar-refractivity contribution in [2.24, 2.45) is 17.3 Å². The number of hydrogen-bond donors (Lipinski definition) is 0. The number of rotatable bonds is 3. The Balaban J connectivity index is 2.63. The Morgan fingerprint density at radius 2 is 1.83 bits per heavy atom. The zero-order valence-corrected chi connectivity index (χ0v) is 12.4. The van der Waals surface area contributed by atoms with E-state index in [4.69, 9.17) is 5.26 Å². The van der Waals surface area contributed by atoms with Gasteiger partial charge in [0, 0.05) is 13.1 Å². The van der Waals surface area contributed by atoms with Gasteiger partial charge >= 0.3 is 0 Å². The maximum Gasteiger partial charge on any atom is 0.240 e. The average Bonchev–Trinajstić information content (AvgIpc) is 2.28. The van der Waals surface area contributed by atoms with E-state index in [9.17, 15) is 4.79 Å². The summed E-state index contributed by atoms with van der Waals surface area (Å²) < 4.78 is 0. The summed E-state index contributed by atoms with van der Waals surface area (Å²) in [4.78, 5) is 14.1. The predicted molar refractivity (Wildman–Crippen MR) is 72.7 cm³/mol. The number of amides is 1. The van der Waals surface area contributed by atoms with Crippen molar-refractivity contribution >= 4 is 5.91 Å². The quantitative estimate of drug-likeness (QED) is 0.772. The molecule has 0 radical (unpaired) electrons. The van der Waals surface area contributed by atoms with E-state index in [-0.39, 0.29) is 11.8 Å². The summed E-state index contributed by atoms with van der Waals surface area (Å²) in [6.45, 7) is 8.45. The highest BCUT2D eigenvalue weighted by atomic mass is 16.2. The van der Waals surface area contributed by atoms with Gasteiger partial charge in [0.15, 0.2) is 0 Å². The maximum atomic E-state index is 12.3. The molecule has 0 heterocycles. The molecule has 0 aromatic carbocycles. The van der Waals surface area contributed by atoms with Crippen LogP contribution < -0.4 is 0 Å². The molecule has 0 aliphatic heterocycles. The molecule has 18 heavy (non-hydrogen) atoms. The molecule has 1 rings (SSSR count). The first-order valence-corrected chi connectivity index (χ1v) is 6.95. The van der Waals surface area contributed by atoms with Crippen molar-refractivity contribution in [2.45, 2.75) is 59.4 Å². The van der Waals surface area contributed by atoms with Gasteiger partial charge in [-0.2, -0.15) is 5.26 Å². The molecule has 1 saturated carbocycles. The van der Waals surface area contributed by atoms with Crippen LogP contribution in [-0.4, -0.2) is 23.9 Å². The van der Waals surface area contributed by atoms with E-state index in [2.05, 4.69) is 19.9 Å². The summed E-state index contributed by atoms with van der Waals surface area (Å²) >= 11 is 0. The van der Waals surface area contributed by atoms with Crippen molar-refractivity contribution in [1.82, 2.24) is 4.90 Å². The number of carbonyl (C=O) groups excluding carboxylic acids is 1. The Bertz CT molecular complexity index is 331. The van der Waals surface area contributed by atoms with E-state index in [1.54, 1.807) is 0 Å². The van der Waals surface area contributed by atoms with Gasteiger partial charge in [-0.1, -0.05) is 27.7 Å². The van der Waals surface area contributed by atoms with E-state index in [0.29, 0.717) is 11.5 Å². The van der Waals surface area contributed by atoms with E-state index in [1.165, 1.54) is 0 Å². The lowest BCUT2D eigenvalue weighted by molar-refractivity contribution is -0.136. The summed E-state index contributed by atoms with van der Waals surface area (Å²) in [6, 6.07) is 2.47. The number of nitrogens with zero attached hydrogens (tertiary/aromatic N) is 2. The Morgan fingerprint density at radius 1 is 1.33 bits per heavy atom. The normalized spacial score (nSPS) is 21.4. The van der Waals surface area contributed by atoms with Gasteiger partial charge in [0.1, 0.15) is 5.92 Å². The van der Waals surface area contributed by atoms with Gasteiger partial charge in [0.2, 0.25) is 5.91 Å². The Labute approximate surface area is 111 Å². The molecule has 102 valence electrons. The fraction of sp³-hybridized carbons (Fsp3) is 0.867. The monoisotopic (exact) mass is 250 g/mol. The highest BCUT2D eigenvalue weighted by Crippen LogP contribution is 2.37. The molecule has 1 unspecified atom stereocenters. The molecule has 0 aromatic rings. The van der Waals surface area contributed by atoms with Gasteiger partial charge in [0.25, 0.3) is 0 Å². The lowest BCUT2D eigenvalue weighted by atomic mass is 9.75. The fourth-order valence-corrected chi connectivity index (χ4v) is 2.66. The van der Waals surface area contributed by atoms with Crippen LogP contribution in [0.2, 0.25) is 0 Å². The summed E-state index contributed by atoms with van der Waals surface area (Å²) in [5, 5.41) is 9.10. The third-order valence-electron chi connectivity index (χ3n) is 4.28. The van der Waals surface area contributed by atoms with Gasteiger partial charge in [-0.05, 0) is 37.0 Å². The van der Waals surface area contributed by atoms with Crippen LogP contribution in [0.15, 0.2) is 0 Å². The zero-order valence-electron chi connectivity index (χ0n) is 12.4. The van der Waals surface area contributed by atoms with Gasteiger partial charge in [-0.15, -0.1) is 0 Å². The Hall–Kier alpha value is -1.04. The molecule has 1 aliphatic carbocycles. The second kappa shape index (κ2) is 5.73. The topological polar surface area (TPSA) is 44.1 Å². The highest BCUT2D eigenvalue weighted by molar-refractivity contribution is 5.81. The summed E-state index contributed by atoms with van der Waals surface area (Å²) in [7, 11) is 1.86. The third-order valence-corrected chi connectivity index (χ3v) is 4.28. The van der Waals surface area contributed by atoms with E-state index in [1.807, 2.05) is 25.8 Å². The van der Waals surface area contributed by atoms with Crippen LogP contribution >= 0.6 is 0 Å². The van der Waals surface area contributed by atoms with Gasteiger partial charge < -0.3 is 4.90 Å². The van der Waals surface area contributed by atoms with Crippen molar-refractivity contribution in [1.29, 1.82) is 5.26 Å². The summed E-state index contributed by atoms with van der Waals surface area (Å²) in [5.74, 6) is -0.410. The van der Waals surface area contributed by atoms with Gasteiger partial charge in [0.05, 0.1) is 6.07 Å². The van der Waals surface area contributed by atoms with E-state index < -0.39 is 5.92 Å². The van der Waals surface area contributed by atoms with Gasteiger partial charge in [-0.25, -0.2) is 0 Å². The Kier molecular flexibility index (Phi) is 4.78. The van der Waals surface area contributed by atoms with Crippen LogP contribution in [0.3, 0.4) is 0 Å². The highest BCUT2D eigenvalue weighted by Gasteiger charge is 2.33. The largest absolute Gasteiger partial charge is 0.342 e.